The van der Waals surface area contributed by atoms with Gasteiger partial charge in [0.05, 0.1) is 12.3 Å². The van der Waals surface area contributed by atoms with Crippen molar-refractivity contribution in [3.63, 3.8) is 0 Å². The molecule has 0 aromatic heterocycles. The van der Waals surface area contributed by atoms with Crippen LogP contribution in [0.25, 0.3) is 0 Å². The lowest BCUT2D eigenvalue weighted by atomic mass is 9.82. The van der Waals surface area contributed by atoms with Gasteiger partial charge < -0.3 is 20.5 Å². The average molecular weight is 444 g/mol. The van der Waals surface area contributed by atoms with Gasteiger partial charge in [-0.1, -0.05) is 37.3 Å². The molecule has 7 heteroatoms. The SMILES string of the molecule is CCC(NC(=O)C(C(=O)O)C1CC=CCC1)N1CCNC(c2ccccc2OC(C)C)C1. The van der Waals surface area contributed by atoms with E-state index in [1.165, 1.54) is 0 Å². The Bertz CT molecular complexity index is 810. The van der Waals surface area contributed by atoms with Crippen LogP contribution in [0.3, 0.4) is 0 Å². The van der Waals surface area contributed by atoms with E-state index >= 15 is 0 Å². The fourth-order valence-electron chi connectivity index (χ4n) is 4.75. The van der Waals surface area contributed by atoms with E-state index in [4.69, 9.17) is 4.74 Å². The van der Waals surface area contributed by atoms with Gasteiger partial charge >= 0.3 is 5.97 Å². The number of nitrogens with zero attached hydrogens (tertiary/aromatic N) is 1. The molecule has 0 spiro atoms. The molecule has 1 amide bonds. The Morgan fingerprint density at radius 1 is 1.28 bits per heavy atom. The third kappa shape index (κ3) is 6.11. The highest BCUT2D eigenvalue weighted by Crippen LogP contribution is 2.29. The maximum atomic E-state index is 13.0. The fourth-order valence-corrected chi connectivity index (χ4v) is 4.75. The predicted octanol–water partition coefficient (Wildman–Crippen LogP) is 3.33. The molecule has 1 aliphatic carbocycles. The van der Waals surface area contributed by atoms with E-state index < -0.39 is 11.9 Å². The lowest BCUT2D eigenvalue weighted by Crippen LogP contribution is -2.57. The smallest absolute Gasteiger partial charge is 0.316 e. The minimum absolute atomic E-state index is 0.0726. The Morgan fingerprint density at radius 2 is 2.06 bits per heavy atom. The first-order valence-electron chi connectivity index (χ1n) is 11.8. The van der Waals surface area contributed by atoms with Crippen molar-refractivity contribution in [2.45, 2.75) is 64.8 Å². The second kappa shape index (κ2) is 11.5. The van der Waals surface area contributed by atoms with Gasteiger partial charge in [-0.05, 0) is 51.5 Å². The molecule has 0 bridgehead atoms. The largest absolute Gasteiger partial charge is 0.491 e. The summed E-state index contributed by atoms with van der Waals surface area (Å²) in [5, 5.41) is 16.4. The normalized spacial score (nSPS) is 23.5. The number of rotatable bonds is 9. The number of carbonyl (C=O) groups is 2. The van der Waals surface area contributed by atoms with Gasteiger partial charge in [-0.15, -0.1) is 0 Å². The zero-order valence-corrected chi connectivity index (χ0v) is 19.4. The first-order chi connectivity index (χ1) is 15.4. The number of carboxylic acids is 1. The van der Waals surface area contributed by atoms with Gasteiger partial charge in [0.1, 0.15) is 11.7 Å². The number of piperazine rings is 1. The van der Waals surface area contributed by atoms with Crippen molar-refractivity contribution in [3.05, 3.63) is 42.0 Å². The van der Waals surface area contributed by atoms with Crippen LogP contribution in [0.4, 0.5) is 0 Å². The van der Waals surface area contributed by atoms with Crippen molar-refractivity contribution < 1.29 is 19.4 Å². The van der Waals surface area contributed by atoms with E-state index in [2.05, 4.69) is 27.7 Å². The molecule has 32 heavy (non-hydrogen) atoms. The molecule has 1 fully saturated rings. The van der Waals surface area contributed by atoms with E-state index in [1.54, 1.807) is 0 Å². The van der Waals surface area contributed by atoms with Gasteiger partial charge in [-0.2, -0.15) is 0 Å². The molecule has 3 N–H and O–H groups in total. The maximum Gasteiger partial charge on any atom is 0.316 e. The van der Waals surface area contributed by atoms with Crippen LogP contribution in [-0.2, 0) is 9.59 Å². The van der Waals surface area contributed by atoms with E-state index in [0.717, 1.165) is 37.2 Å². The number of aliphatic carboxylic acids is 1. The zero-order chi connectivity index (χ0) is 23.1. The zero-order valence-electron chi connectivity index (χ0n) is 19.4. The molecule has 1 heterocycles. The van der Waals surface area contributed by atoms with Crippen molar-refractivity contribution in [2.75, 3.05) is 19.6 Å². The van der Waals surface area contributed by atoms with E-state index in [9.17, 15) is 14.7 Å². The van der Waals surface area contributed by atoms with Crippen LogP contribution in [0, 0.1) is 11.8 Å². The third-order valence-electron chi connectivity index (χ3n) is 6.33. The van der Waals surface area contributed by atoms with Crippen molar-refractivity contribution in [1.29, 1.82) is 0 Å². The molecule has 3 rings (SSSR count). The molecule has 176 valence electrons. The van der Waals surface area contributed by atoms with Gasteiger partial charge in [-0.3, -0.25) is 14.5 Å². The Hall–Kier alpha value is -2.38. The molecule has 1 aromatic rings. The second-order valence-corrected chi connectivity index (χ2v) is 9.00. The minimum Gasteiger partial charge on any atom is -0.491 e. The molecule has 0 saturated carbocycles. The number of hydrogen-bond acceptors (Lipinski definition) is 5. The number of ether oxygens (including phenoxy) is 1. The number of carbonyl (C=O) groups excluding carboxylic acids is 1. The number of nitrogens with one attached hydrogen (secondary N) is 2. The predicted molar refractivity (Wildman–Crippen MR) is 124 cm³/mol. The van der Waals surface area contributed by atoms with Crippen LogP contribution in [0.2, 0.25) is 0 Å². The summed E-state index contributed by atoms with van der Waals surface area (Å²) in [5.41, 5.74) is 1.10. The molecule has 2 aliphatic rings. The standard InChI is InChI=1S/C25H37N3O4/c1-4-22(27-24(29)23(25(30)31)18-10-6-5-7-11-18)28-15-14-26-20(16-28)19-12-8-9-13-21(19)32-17(2)3/h5-6,8-9,12-13,17-18,20,22-23,26H,4,7,10-11,14-16H2,1-3H3,(H,27,29)(H,30,31). The Balaban J connectivity index is 1.70. The molecule has 1 saturated heterocycles. The summed E-state index contributed by atoms with van der Waals surface area (Å²) in [5.74, 6) is -1.69. The topological polar surface area (TPSA) is 90.9 Å². The summed E-state index contributed by atoms with van der Waals surface area (Å²) in [6, 6.07) is 8.13. The molecular weight excluding hydrogens is 406 g/mol. The van der Waals surface area contributed by atoms with Crippen LogP contribution in [0.5, 0.6) is 5.75 Å². The summed E-state index contributed by atoms with van der Waals surface area (Å²) in [4.78, 5) is 27.2. The lowest BCUT2D eigenvalue weighted by Gasteiger charge is -2.40. The van der Waals surface area contributed by atoms with E-state index in [0.29, 0.717) is 19.4 Å². The highest BCUT2D eigenvalue weighted by atomic mass is 16.5. The fraction of sp³-hybridized carbons (Fsp3) is 0.600. The molecule has 0 radical (unpaired) electrons. The average Bonchev–Trinajstić information content (AvgIpc) is 2.78. The van der Waals surface area contributed by atoms with Crippen molar-refractivity contribution >= 4 is 11.9 Å². The summed E-state index contributed by atoms with van der Waals surface area (Å²) in [6.07, 6.45) is 6.85. The highest BCUT2D eigenvalue weighted by molar-refractivity contribution is 5.97. The van der Waals surface area contributed by atoms with Crippen LogP contribution >= 0.6 is 0 Å². The van der Waals surface area contributed by atoms with Crippen molar-refractivity contribution in [3.8, 4) is 5.75 Å². The number of para-hydroxylation sites is 1. The number of carboxylic acid groups (broad SMARTS) is 1. The third-order valence-corrected chi connectivity index (χ3v) is 6.33. The number of hydrogen-bond donors (Lipinski definition) is 3. The van der Waals surface area contributed by atoms with Crippen molar-refractivity contribution in [1.82, 2.24) is 15.5 Å². The van der Waals surface area contributed by atoms with Gasteiger partial charge in [0.25, 0.3) is 0 Å². The molecule has 4 unspecified atom stereocenters. The number of allylic oxidation sites excluding steroid dienone is 2. The molecule has 1 aromatic carbocycles. The molecule has 4 atom stereocenters. The lowest BCUT2D eigenvalue weighted by molar-refractivity contribution is -0.150. The van der Waals surface area contributed by atoms with Gasteiger partial charge in [-0.25, -0.2) is 0 Å². The highest BCUT2D eigenvalue weighted by Gasteiger charge is 2.37. The summed E-state index contributed by atoms with van der Waals surface area (Å²) in [7, 11) is 0. The van der Waals surface area contributed by atoms with E-state index in [-0.39, 0.29) is 30.1 Å². The first kappa shape index (κ1) is 24.3. The summed E-state index contributed by atoms with van der Waals surface area (Å²) >= 11 is 0. The Labute approximate surface area is 191 Å². The van der Waals surface area contributed by atoms with Gasteiger partial charge in [0, 0.05) is 31.2 Å². The number of amides is 1. The molecule has 1 aliphatic heterocycles. The van der Waals surface area contributed by atoms with Crippen molar-refractivity contribution in [2.24, 2.45) is 11.8 Å². The quantitative estimate of drug-likeness (QED) is 0.401. The van der Waals surface area contributed by atoms with Gasteiger partial charge in [0.2, 0.25) is 5.91 Å². The van der Waals surface area contributed by atoms with Gasteiger partial charge in [0.15, 0.2) is 0 Å². The van der Waals surface area contributed by atoms with Crippen LogP contribution in [0.15, 0.2) is 36.4 Å². The van der Waals surface area contributed by atoms with E-state index in [1.807, 2.05) is 45.0 Å². The summed E-state index contributed by atoms with van der Waals surface area (Å²) < 4.78 is 6.01. The van der Waals surface area contributed by atoms with Crippen LogP contribution in [0.1, 0.15) is 58.1 Å². The maximum absolute atomic E-state index is 13.0. The Morgan fingerprint density at radius 3 is 2.72 bits per heavy atom. The second-order valence-electron chi connectivity index (χ2n) is 9.00. The number of benzene rings is 1. The van der Waals surface area contributed by atoms with Crippen LogP contribution < -0.4 is 15.4 Å². The molecule has 7 nitrogen and oxygen atoms in total. The first-order valence-corrected chi connectivity index (χ1v) is 11.8. The Kier molecular flexibility index (Phi) is 8.70. The minimum atomic E-state index is -1.03. The molecular formula is C25H37N3O4. The van der Waals surface area contributed by atoms with Crippen LogP contribution in [-0.4, -0.2) is 53.8 Å². The summed E-state index contributed by atoms with van der Waals surface area (Å²) in [6.45, 7) is 8.33. The monoisotopic (exact) mass is 443 g/mol.